The van der Waals surface area contributed by atoms with Gasteiger partial charge in [-0.25, -0.2) is 0 Å². The van der Waals surface area contributed by atoms with Crippen molar-refractivity contribution in [1.82, 2.24) is 20.1 Å². The van der Waals surface area contributed by atoms with E-state index in [1.165, 1.54) is 11.8 Å². The van der Waals surface area contributed by atoms with E-state index in [1.807, 2.05) is 47.9 Å². The number of thioether (sulfide) groups is 1. The van der Waals surface area contributed by atoms with Gasteiger partial charge in [0.15, 0.2) is 15.6 Å². The van der Waals surface area contributed by atoms with Crippen LogP contribution in [0.5, 0.6) is 0 Å². The van der Waals surface area contributed by atoms with Crippen LogP contribution >= 0.6 is 27.7 Å². The number of nitrogens with one attached hydrogen (secondary N) is 1. The van der Waals surface area contributed by atoms with Gasteiger partial charge in [0.05, 0.1) is 11.8 Å². The van der Waals surface area contributed by atoms with Crippen molar-refractivity contribution in [3.8, 4) is 11.6 Å². The van der Waals surface area contributed by atoms with Gasteiger partial charge in [-0.15, -0.1) is 16.8 Å². The highest BCUT2D eigenvalue weighted by Gasteiger charge is 2.18. The molecule has 1 atom stereocenters. The summed E-state index contributed by atoms with van der Waals surface area (Å²) in [7, 11) is 0. The number of carbonyl (C=O) groups is 1. The van der Waals surface area contributed by atoms with Crippen LogP contribution in [0, 0.1) is 0 Å². The maximum Gasteiger partial charge on any atom is 0.230 e. The average Bonchev–Trinajstić information content (AvgIpc) is 3.27. The number of aromatic nitrogens is 3. The number of furan rings is 1. The lowest BCUT2D eigenvalue weighted by Crippen LogP contribution is -2.28. The van der Waals surface area contributed by atoms with Gasteiger partial charge in [-0.1, -0.05) is 48.2 Å². The van der Waals surface area contributed by atoms with E-state index < -0.39 is 0 Å². The third-order valence-electron chi connectivity index (χ3n) is 3.83. The largest absolute Gasteiger partial charge is 0.446 e. The standard InChI is InChI=1S/C19H19BrN4O2S/c1-3-11-24-18(15-9-10-16(20)26-15)22-23-19(24)27-12-17(25)21-13(2)14-7-5-4-6-8-14/h3-10,13H,1,11-12H2,2H3,(H,21,25). The predicted octanol–water partition coefficient (Wildman–Crippen LogP) is 4.46. The number of nitrogens with zero attached hydrogens (tertiary/aromatic N) is 3. The molecule has 1 amide bonds. The van der Waals surface area contributed by atoms with Gasteiger partial charge in [0, 0.05) is 6.54 Å². The summed E-state index contributed by atoms with van der Waals surface area (Å²) in [6.45, 7) is 6.26. The van der Waals surface area contributed by atoms with Gasteiger partial charge in [-0.3, -0.25) is 9.36 Å². The first kappa shape index (κ1) is 19.4. The van der Waals surface area contributed by atoms with Crippen molar-refractivity contribution in [2.45, 2.75) is 24.7 Å². The minimum Gasteiger partial charge on any atom is -0.446 e. The van der Waals surface area contributed by atoms with E-state index in [4.69, 9.17) is 4.42 Å². The smallest absolute Gasteiger partial charge is 0.230 e. The molecule has 1 unspecified atom stereocenters. The van der Waals surface area contributed by atoms with Crippen LogP contribution in [0.4, 0.5) is 0 Å². The van der Waals surface area contributed by atoms with Gasteiger partial charge in [0.2, 0.25) is 11.7 Å². The first-order valence-corrected chi connectivity index (χ1v) is 10.1. The van der Waals surface area contributed by atoms with Crippen LogP contribution in [-0.4, -0.2) is 26.4 Å². The van der Waals surface area contributed by atoms with Crippen LogP contribution in [0.2, 0.25) is 0 Å². The molecule has 0 fully saturated rings. The van der Waals surface area contributed by atoms with Crippen LogP contribution in [0.3, 0.4) is 0 Å². The van der Waals surface area contributed by atoms with E-state index in [0.717, 1.165) is 5.56 Å². The molecule has 1 aromatic carbocycles. The zero-order valence-electron chi connectivity index (χ0n) is 14.8. The summed E-state index contributed by atoms with van der Waals surface area (Å²) in [6, 6.07) is 13.4. The molecular weight excluding hydrogens is 428 g/mol. The van der Waals surface area contributed by atoms with Gasteiger partial charge >= 0.3 is 0 Å². The Bertz CT molecular complexity index is 923. The van der Waals surface area contributed by atoms with Gasteiger partial charge < -0.3 is 9.73 Å². The number of hydrogen-bond donors (Lipinski definition) is 1. The second-order valence-corrected chi connectivity index (χ2v) is 7.52. The van der Waals surface area contributed by atoms with E-state index in [2.05, 4.69) is 38.0 Å². The number of carbonyl (C=O) groups excluding carboxylic acids is 1. The highest BCUT2D eigenvalue weighted by atomic mass is 79.9. The molecule has 0 saturated carbocycles. The van der Waals surface area contributed by atoms with Crippen LogP contribution in [0.1, 0.15) is 18.5 Å². The van der Waals surface area contributed by atoms with Crippen molar-refractivity contribution >= 4 is 33.6 Å². The zero-order chi connectivity index (χ0) is 19.2. The average molecular weight is 447 g/mol. The molecule has 2 aromatic heterocycles. The molecule has 27 heavy (non-hydrogen) atoms. The van der Waals surface area contributed by atoms with Crippen molar-refractivity contribution in [3.05, 3.63) is 65.4 Å². The minimum absolute atomic E-state index is 0.0543. The fourth-order valence-corrected chi connectivity index (χ4v) is 3.61. The van der Waals surface area contributed by atoms with E-state index in [-0.39, 0.29) is 17.7 Å². The first-order valence-electron chi connectivity index (χ1n) is 8.35. The van der Waals surface area contributed by atoms with Crippen molar-refractivity contribution in [3.63, 3.8) is 0 Å². The molecule has 0 aliphatic heterocycles. The van der Waals surface area contributed by atoms with E-state index in [0.29, 0.717) is 28.0 Å². The van der Waals surface area contributed by atoms with Gasteiger partial charge in [0.1, 0.15) is 0 Å². The second-order valence-electron chi connectivity index (χ2n) is 5.80. The van der Waals surface area contributed by atoms with Crippen molar-refractivity contribution < 1.29 is 9.21 Å². The number of amides is 1. The molecule has 6 nitrogen and oxygen atoms in total. The summed E-state index contributed by atoms with van der Waals surface area (Å²) in [5.74, 6) is 1.38. The second kappa shape index (κ2) is 9.05. The monoisotopic (exact) mass is 446 g/mol. The summed E-state index contributed by atoms with van der Waals surface area (Å²) in [6.07, 6.45) is 1.76. The summed E-state index contributed by atoms with van der Waals surface area (Å²) in [5, 5.41) is 12.0. The Morgan fingerprint density at radius 3 is 2.78 bits per heavy atom. The van der Waals surface area contributed by atoms with E-state index in [1.54, 1.807) is 12.1 Å². The van der Waals surface area contributed by atoms with Crippen molar-refractivity contribution in [1.29, 1.82) is 0 Å². The van der Waals surface area contributed by atoms with E-state index >= 15 is 0 Å². The molecular formula is C19H19BrN4O2S. The third-order valence-corrected chi connectivity index (χ3v) is 5.22. The molecule has 8 heteroatoms. The summed E-state index contributed by atoms with van der Waals surface area (Å²) >= 11 is 4.62. The fraction of sp³-hybridized carbons (Fsp3) is 0.211. The highest BCUT2D eigenvalue weighted by Crippen LogP contribution is 2.27. The minimum atomic E-state index is -0.0631. The topological polar surface area (TPSA) is 73.0 Å². The van der Waals surface area contributed by atoms with Gasteiger partial charge in [-0.05, 0) is 40.5 Å². The number of hydrogen-bond acceptors (Lipinski definition) is 5. The Hall–Kier alpha value is -2.32. The Morgan fingerprint density at radius 2 is 2.11 bits per heavy atom. The number of rotatable bonds is 8. The molecule has 2 heterocycles. The van der Waals surface area contributed by atoms with Crippen LogP contribution in [0.25, 0.3) is 11.6 Å². The molecule has 0 spiro atoms. The lowest BCUT2D eigenvalue weighted by atomic mass is 10.1. The zero-order valence-corrected chi connectivity index (χ0v) is 17.2. The molecule has 1 N–H and O–H groups in total. The molecule has 3 rings (SSSR count). The molecule has 0 saturated heterocycles. The summed E-state index contributed by atoms with van der Waals surface area (Å²) in [5.41, 5.74) is 1.07. The Kier molecular flexibility index (Phi) is 6.52. The van der Waals surface area contributed by atoms with E-state index in [9.17, 15) is 4.79 Å². The van der Waals surface area contributed by atoms with Crippen LogP contribution in [-0.2, 0) is 11.3 Å². The summed E-state index contributed by atoms with van der Waals surface area (Å²) in [4.78, 5) is 12.3. The summed E-state index contributed by atoms with van der Waals surface area (Å²) < 4.78 is 8.06. The Balaban J connectivity index is 1.66. The predicted molar refractivity (Wildman–Crippen MR) is 109 cm³/mol. The molecule has 140 valence electrons. The maximum absolute atomic E-state index is 12.3. The SMILES string of the molecule is C=CCn1c(SCC(=O)NC(C)c2ccccc2)nnc1-c1ccc(Br)o1. The third kappa shape index (κ3) is 4.90. The molecule has 0 aliphatic carbocycles. The van der Waals surface area contributed by atoms with Crippen LogP contribution in [0.15, 0.2) is 69.4 Å². The molecule has 0 aliphatic rings. The van der Waals surface area contributed by atoms with Crippen molar-refractivity contribution in [2.24, 2.45) is 0 Å². The lowest BCUT2D eigenvalue weighted by Gasteiger charge is -2.14. The van der Waals surface area contributed by atoms with Gasteiger partial charge in [0.25, 0.3) is 0 Å². The Morgan fingerprint density at radius 1 is 1.33 bits per heavy atom. The number of halogens is 1. The first-order chi connectivity index (χ1) is 13.1. The molecule has 3 aromatic rings. The highest BCUT2D eigenvalue weighted by molar-refractivity contribution is 9.10. The van der Waals surface area contributed by atoms with Crippen molar-refractivity contribution in [2.75, 3.05) is 5.75 Å². The lowest BCUT2D eigenvalue weighted by molar-refractivity contribution is -0.119. The van der Waals surface area contributed by atoms with Gasteiger partial charge in [-0.2, -0.15) is 0 Å². The quantitative estimate of drug-likeness (QED) is 0.408. The number of benzene rings is 1. The fourth-order valence-electron chi connectivity index (χ4n) is 2.54. The molecule has 0 radical (unpaired) electrons. The molecule has 0 bridgehead atoms. The Labute approximate surface area is 170 Å². The van der Waals surface area contributed by atoms with Crippen LogP contribution < -0.4 is 5.32 Å². The maximum atomic E-state index is 12.3. The normalized spacial score (nSPS) is 11.9. The number of allylic oxidation sites excluding steroid dienone is 1.